The fourth-order valence-electron chi connectivity index (χ4n) is 2.50. The number of alkyl carbamates (subject to hydrolysis) is 1. The fourth-order valence-corrected chi connectivity index (χ4v) is 2.50. The molecule has 25 heavy (non-hydrogen) atoms. The number of amides is 3. The van der Waals surface area contributed by atoms with Crippen molar-refractivity contribution in [2.45, 2.75) is 52.1 Å². The highest BCUT2D eigenvalue weighted by molar-refractivity contribution is 5.78. The number of nitrogens with one attached hydrogen (secondary N) is 2. The minimum Gasteiger partial charge on any atom is -0.444 e. The third-order valence-electron chi connectivity index (χ3n) is 3.81. The Bertz CT molecular complexity index is 514. The molecule has 0 aromatic carbocycles. The SMILES string of the molecule is CC(C)(C)OC(=O)NCCC(=O)NCC1CCN(C(=O)CC#N)CC1. The Kier molecular flexibility index (Phi) is 8.19. The van der Waals surface area contributed by atoms with Crippen LogP contribution in [0.3, 0.4) is 0 Å². The van der Waals surface area contributed by atoms with Crippen LogP contribution in [0.1, 0.15) is 46.5 Å². The lowest BCUT2D eigenvalue weighted by atomic mass is 9.96. The molecule has 0 unspecified atom stereocenters. The summed E-state index contributed by atoms with van der Waals surface area (Å²) in [7, 11) is 0. The lowest BCUT2D eigenvalue weighted by Gasteiger charge is -2.31. The number of hydrogen-bond donors (Lipinski definition) is 2. The zero-order valence-electron chi connectivity index (χ0n) is 15.3. The summed E-state index contributed by atoms with van der Waals surface area (Å²) < 4.78 is 5.09. The summed E-state index contributed by atoms with van der Waals surface area (Å²) in [5.74, 6) is 0.0751. The Balaban J connectivity index is 2.14. The zero-order chi connectivity index (χ0) is 18.9. The molecular weight excluding hydrogens is 324 g/mol. The van der Waals surface area contributed by atoms with E-state index < -0.39 is 11.7 Å². The van der Waals surface area contributed by atoms with Crippen LogP contribution in [0.5, 0.6) is 0 Å². The van der Waals surface area contributed by atoms with Crippen LogP contribution in [0.15, 0.2) is 0 Å². The second-order valence-corrected chi connectivity index (χ2v) is 7.14. The summed E-state index contributed by atoms with van der Waals surface area (Å²) in [4.78, 5) is 36.6. The molecule has 1 saturated heterocycles. The Hall–Kier alpha value is -2.30. The van der Waals surface area contributed by atoms with E-state index in [0.717, 1.165) is 12.8 Å². The first-order chi connectivity index (χ1) is 11.7. The maximum absolute atomic E-state index is 11.8. The summed E-state index contributed by atoms with van der Waals surface area (Å²) in [6.07, 6.45) is 1.21. The van der Waals surface area contributed by atoms with Gasteiger partial charge in [-0.25, -0.2) is 4.79 Å². The normalized spacial score (nSPS) is 15.2. The highest BCUT2D eigenvalue weighted by Gasteiger charge is 2.22. The number of carbonyl (C=O) groups excluding carboxylic acids is 3. The van der Waals surface area contributed by atoms with Gasteiger partial charge in [0.15, 0.2) is 0 Å². The van der Waals surface area contributed by atoms with Gasteiger partial charge in [0, 0.05) is 32.6 Å². The summed E-state index contributed by atoms with van der Waals surface area (Å²) in [6, 6.07) is 1.87. The third-order valence-corrected chi connectivity index (χ3v) is 3.81. The predicted octanol–water partition coefficient (Wildman–Crippen LogP) is 1.17. The van der Waals surface area contributed by atoms with Crippen molar-refractivity contribution in [3.8, 4) is 6.07 Å². The van der Waals surface area contributed by atoms with Gasteiger partial charge >= 0.3 is 6.09 Å². The fraction of sp³-hybridized carbons (Fsp3) is 0.765. The maximum atomic E-state index is 11.8. The average Bonchev–Trinajstić information content (AvgIpc) is 2.52. The van der Waals surface area contributed by atoms with Gasteiger partial charge in [-0.3, -0.25) is 9.59 Å². The van der Waals surface area contributed by atoms with E-state index in [9.17, 15) is 14.4 Å². The van der Waals surface area contributed by atoms with Crippen LogP contribution in [0.4, 0.5) is 4.79 Å². The summed E-state index contributed by atoms with van der Waals surface area (Å²) in [6.45, 7) is 7.37. The largest absolute Gasteiger partial charge is 0.444 e. The molecule has 1 fully saturated rings. The molecule has 0 bridgehead atoms. The lowest BCUT2D eigenvalue weighted by molar-refractivity contribution is -0.131. The molecule has 0 spiro atoms. The van der Waals surface area contributed by atoms with E-state index in [1.54, 1.807) is 25.7 Å². The Morgan fingerprint density at radius 1 is 1.20 bits per heavy atom. The number of nitriles is 1. The molecule has 8 heteroatoms. The molecule has 0 saturated carbocycles. The molecule has 0 aromatic heterocycles. The van der Waals surface area contributed by atoms with Crippen molar-refractivity contribution in [3.05, 3.63) is 0 Å². The van der Waals surface area contributed by atoms with Gasteiger partial charge < -0.3 is 20.3 Å². The van der Waals surface area contributed by atoms with Gasteiger partial charge in [0.25, 0.3) is 0 Å². The maximum Gasteiger partial charge on any atom is 0.407 e. The molecule has 8 nitrogen and oxygen atoms in total. The topological polar surface area (TPSA) is 112 Å². The molecule has 1 aliphatic heterocycles. The number of rotatable bonds is 6. The minimum atomic E-state index is -0.560. The predicted molar refractivity (Wildman–Crippen MR) is 91.4 cm³/mol. The zero-order valence-corrected chi connectivity index (χ0v) is 15.3. The number of piperidine rings is 1. The van der Waals surface area contributed by atoms with Crippen LogP contribution in [0, 0.1) is 17.2 Å². The van der Waals surface area contributed by atoms with Crippen molar-refractivity contribution < 1.29 is 19.1 Å². The van der Waals surface area contributed by atoms with E-state index in [1.165, 1.54) is 0 Å². The number of ether oxygens (including phenoxy) is 1. The second-order valence-electron chi connectivity index (χ2n) is 7.14. The van der Waals surface area contributed by atoms with E-state index in [4.69, 9.17) is 10.00 Å². The second kappa shape index (κ2) is 9.87. The van der Waals surface area contributed by atoms with E-state index in [0.29, 0.717) is 25.6 Å². The minimum absolute atomic E-state index is 0.0773. The van der Waals surface area contributed by atoms with Gasteiger partial charge in [-0.05, 0) is 39.5 Å². The molecule has 140 valence electrons. The van der Waals surface area contributed by atoms with E-state index in [-0.39, 0.29) is 31.2 Å². The van der Waals surface area contributed by atoms with Gasteiger partial charge in [0.2, 0.25) is 11.8 Å². The summed E-state index contributed by atoms with van der Waals surface area (Å²) >= 11 is 0. The standard InChI is InChI=1S/C17H28N4O4/c1-17(2,3)25-16(24)19-9-5-14(22)20-12-13-6-10-21(11-7-13)15(23)4-8-18/h13H,4-7,9-12H2,1-3H3,(H,19,24)(H,20,22). The van der Waals surface area contributed by atoms with Crippen molar-refractivity contribution in [2.24, 2.45) is 5.92 Å². The quantitative estimate of drug-likeness (QED) is 0.745. The highest BCUT2D eigenvalue weighted by Crippen LogP contribution is 2.17. The van der Waals surface area contributed by atoms with Crippen molar-refractivity contribution in [1.29, 1.82) is 5.26 Å². The Morgan fingerprint density at radius 3 is 2.40 bits per heavy atom. The Labute approximate surface area is 148 Å². The van der Waals surface area contributed by atoms with E-state index in [2.05, 4.69) is 10.6 Å². The average molecular weight is 352 g/mol. The van der Waals surface area contributed by atoms with E-state index >= 15 is 0 Å². The molecule has 0 aromatic rings. The summed E-state index contributed by atoms with van der Waals surface area (Å²) in [5, 5.41) is 13.9. The van der Waals surface area contributed by atoms with Crippen LogP contribution < -0.4 is 10.6 Å². The number of hydrogen-bond acceptors (Lipinski definition) is 5. The van der Waals surface area contributed by atoms with Gasteiger partial charge in [-0.2, -0.15) is 5.26 Å². The molecule has 1 heterocycles. The molecule has 0 aliphatic carbocycles. The van der Waals surface area contributed by atoms with Crippen molar-refractivity contribution in [1.82, 2.24) is 15.5 Å². The molecule has 1 rings (SSSR count). The first-order valence-corrected chi connectivity index (χ1v) is 8.59. The first-order valence-electron chi connectivity index (χ1n) is 8.59. The van der Waals surface area contributed by atoms with Crippen LogP contribution in [-0.2, 0) is 14.3 Å². The molecular formula is C17H28N4O4. The van der Waals surface area contributed by atoms with Gasteiger partial charge in [0.05, 0.1) is 6.07 Å². The Morgan fingerprint density at radius 2 is 1.84 bits per heavy atom. The lowest BCUT2D eigenvalue weighted by Crippen LogP contribution is -2.41. The van der Waals surface area contributed by atoms with Crippen molar-refractivity contribution in [3.63, 3.8) is 0 Å². The highest BCUT2D eigenvalue weighted by atomic mass is 16.6. The monoisotopic (exact) mass is 352 g/mol. The number of nitrogens with zero attached hydrogens (tertiary/aromatic N) is 2. The smallest absolute Gasteiger partial charge is 0.407 e. The first kappa shape index (κ1) is 20.7. The third kappa shape index (κ3) is 8.94. The van der Waals surface area contributed by atoms with Crippen LogP contribution in [-0.4, -0.2) is 54.6 Å². The number of likely N-dealkylation sites (tertiary alicyclic amines) is 1. The molecule has 0 atom stereocenters. The molecule has 0 radical (unpaired) electrons. The number of carbonyl (C=O) groups is 3. The van der Waals surface area contributed by atoms with Gasteiger partial charge in [-0.1, -0.05) is 0 Å². The van der Waals surface area contributed by atoms with Crippen LogP contribution >= 0.6 is 0 Å². The van der Waals surface area contributed by atoms with Gasteiger partial charge in [-0.15, -0.1) is 0 Å². The molecule has 3 amide bonds. The summed E-state index contributed by atoms with van der Waals surface area (Å²) in [5.41, 5.74) is -0.560. The van der Waals surface area contributed by atoms with E-state index in [1.807, 2.05) is 6.07 Å². The van der Waals surface area contributed by atoms with Crippen molar-refractivity contribution >= 4 is 17.9 Å². The van der Waals surface area contributed by atoms with Gasteiger partial charge in [0.1, 0.15) is 12.0 Å². The van der Waals surface area contributed by atoms with Crippen LogP contribution in [0.25, 0.3) is 0 Å². The van der Waals surface area contributed by atoms with Crippen molar-refractivity contribution in [2.75, 3.05) is 26.2 Å². The molecule has 2 N–H and O–H groups in total. The van der Waals surface area contributed by atoms with Crippen LogP contribution in [0.2, 0.25) is 0 Å². The molecule has 1 aliphatic rings.